The molecule has 1 N–H and O–H groups in total. The summed E-state index contributed by atoms with van der Waals surface area (Å²) in [6.45, 7) is 5.05. The maximum Gasteiger partial charge on any atom is 0.141 e. The van der Waals surface area contributed by atoms with Gasteiger partial charge in [-0.1, -0.05) is 19.9 Å². The van der Waals surface area contributed by atoms with E-state index in [1.165, 1.54) is 17.8 Å². The fraction of sp³-hybridized carbons (Fsp3) is 0.375. The lowest BCUT2D eigenvalue weighted by Crippen LogP contribution is -2.25. The minimum absolute atomic E-state index is 0.116. The van der Waals surface area contributed by atoms with Gasteiger partial charge in [-0.3, -0.25) is 9.97 Å². The molecule has 0 amide bonds. The molecule has 0 bridgehead atoms. The quantitative estimate of drug-likeness (QED) is 0.877. The molecule has 0 aliphatic carbocycles. The van der Waals surface area contributed by atoms with Crippen LogP contribution in [0.4, 0.5) is 4.39 Å². The summed E-state index contributed by atoms with van der Waals surface area (Å²) in [6, 6.07) is 5.40. The molecule has 106 valence electrons. The number of nitrogens with zero attached hydrogens (tertiary/aromatic N) is 2. The SMILES string of the molecule is CCCNC(c1cncc(F)c1)c1ncccc1CC. The van der Waals surface area contributed by atoms with E-state index in [1.54, 1.807) is 12.4 Å². The molecule has 3 nitrogen and oxygen atoms in total. The van der Waals surface area contributed by atoms with E-state index in [0.717, 1.165) is 30.6 Å². The van der Waals surface area contributed by atoms with E-state index in [-0.39, 0.29) is 11.9 Å². The molecule has 2 heterocycles. The number of aromatic nitrogens is 2. The summed E-state index contributed by atoms with van der Waals surface area (Å²) in [5, 5.41) is 3.43. The van der Waals surface area contributed by atoms with Crippen molar-refractivity contribution in [3.63, 3.8) is 0 Å². The third kappa shape index (κ3) is 3.39. The fourth-order valence-electron chi connectivity index (χ4n) is 2.26. The Labute approximate surface area is 119 Å². The second-order valence-electron chi connectivity index (χ2n) is 4.72. The van der Waals surface area contributed by atoms with Crippen molar-refractivity contribution >= 4 is 0 Å². The van der Waals surface area contributed by atoms with E-state index in [2.05, 4.69) is 35.2 Å². The molecule has 0 saturated heterocycles. The molecular weight excluding hydrogens is 253 g/mol. The molecule has 1 atom stereocenters. The van der Waals surface area contributed by atoms with Gasteiger partial charge in [-0.05, 0) is 42.6 Å². The molecule has 20 heavy (non-hydrogen) atoms. The number of rotatable bonds is 6. The first-order valence-electron chi connectivity index (χ1n) is 7.03. The van der Waals surface area contributed by atoms with Crippen LogP contribution in [-0.4, -0.2) is 16.5 Å². The molecule has 0 spiro atoms. The molecule has 1 unspecified atom stereocenters. The molecule has 0 aliphatic rings. The number of nitrogens with one attached hydrogen (secondary N) is 1. The van der Waals surface area contributed by atoms with Gasteiger partial charge >= 0.3 is 0 Å². The maximum atomic E-state index is 13.4. The topological polar surface area (TPSA) is 37.8 Å². The molecule has 2 rings (SSSR count). The predicted octanol–water partition coefficient (Wildman–Crippen LogP) is 3.27. The lowest BCUT2D eigenvalue weighted by Gasteiger charge is -2.20. The van der Waals surface area contributed by atoms with Gasteiger partial charge in [-0.2, -0.15) is 0 Å². The number of hydrogen-bond acceptors (Lipinski definition) is 3. The lowest BCUT2D eigenvalue weighted by molar-refractivity contribution is 0.568. The van der Waals surface area contributed by atoms with Gasteiger partial charge in [0.15, 0.2) is 0 Å². The van der Waals surface area contributed by atoms with E-state index < -0.39 is 0 Å². The highest BCUT2D eigenvalue weighted by Gasteiger charge is 2.18. The first kappa shape index (κ1) is 14.6. The van der Waals surface area contributed by atoms with Crippen LogP contribution in [-0.2, 0) is 6.42 Å². The standard InChI is InChI=1S/C16H20FN3/c1-3-7-19-16(13-9-14(17)11-18-10-13)15-12(4-2)6-5-8-20-15/h5-6,8-11,16,19H,3-4,7H2,1-2H3. The second kappa shape index (κ2) is 7.10. The van der Waals surface area contributed by atoms with Crippen molar-refractivity contribution in [2.24, 2.45) is 0 Å². The Kier molecular flexibility index (Phi) is 5.18. The van der Waals surface area contributed by atoms with Crippen LogP contribution < -0.4 is 5.32 Å². The highest BCUT2D eigenvalue weighted by atomic mass is 19.1. The Balaban J connectivity index is 2.41. The van der Waals surface area contributed by atoms with Crippen LogP contribution in [0.2, 0.25) is 0 Å². The van der Waals surface area contributed by atoms with Crippen LogP contribution in [0.1, 0.15) is 43.1 Å². The van der Waals surface area contributed by atoms with Crippen molar-refractivity contribution in [1.29, 1.82) is 0 Å². The van der Waals surface area contributed by atoms with Gasteiger partial charge in [0.05, 0.1) is 17.9 Å². The fourth-order valence-corrected chi connectivity index (χ4v) is 2.26. The van der Waals surface area contributed by atoms with Crippen molar-refractivity contribution in [2.45, 2.75) is 32.7 Å². The molecule has 0 radical (unpaired) electrons. The highest BCUT2D eigenvalue weighted by molar-refractivity contribution is 5.31. The first-order valence-corrected chi connectivity index (χ1v) is 7.03. The van der Waals surface area contributed by atoms with Gasteiger partial charge in [0.1, 0.15) is 5.82 Å². The van der Waals surface area contributed by atoms with Crippen LogP contribution in [0.15, 0.2) is 36.8 Å². The number of pyridine rings is 2. The number of halogens is 1. The Hall–Kier alpha value is -1.81. The molecule has 2 aromatic heterocycles. The third-order valence-corrected chi connectivity index (χ3v) is 3.24. The van der Waals surface area contributed by atoms with Gasteiger partial charge in [-0.25, -0.2) is 4.39 Å². The van der Waals surface area contributed by atoms with Crippen LogP contribution in [0.25, 0.3) is 0 Å². The summed E-state index contributed by atoms with van der Waals surface area (Å²) >= 11 is 0. The number of aryl methyl sites for hydroxylation is 1. The molecule has 0 aromatic carbocycles. The summed E-state index contributed by atoms with van der Waals surface area (Å²) < 4.78 is 13.4. The van der Waals surface area contributed by atoms with Gasteiger partial charge in [0, 0.05) is 12.4 Å². The Morgan fingerprint density at radius 3 is 2.85 bits per heavy atom. The van der Waals surface area contributed by atoms with Crippen LogP contribution in [0.3, 0.4) is 0 Å². The van der Waals surface area contributed by atoms with Crippen LogP contribution >= 0.6 is 0 Å². The average Bonchev–Trinajstić information content (AvgIpc) is 2.48. The Bertz CT molecular complexity index is 557. The smallest absolute Gasteiger partial charge is 0.141 e. The minimum Gasteiger partial charge on any atom is -0.305 e. The number of hydrogen-bond donors (Lipinski definition) is 1. The van der Waals surface area contributed by atoms with E-state index >= 15 is 0 Å². The van der Waals surface area contributed by atoms with Crippen molar-refractivity contribution in [1.82, 2.24) is 15.3 Å². The van der Waals surface area contributed by atoms with E-state index in [9.17, 15) is 4.39 Å². The van der Waals surface area contributed by atoms with Gasteiger partial charge in [-0.15, -0.1) is 0 Å². The monoisotopic (exact) mass is 273 g/mol. The molecule has 4 heteroatoms. The zero-order valence-corrected chi connectivity index (χ0v) is 11.9. The van der Waals surface area contributed by atoms with Gasteiger partial charge in [0.2, 0.25) is 0 Å². The van der Waals surface area contributed by atoms with Crippen molar-refractivity contribution in [2.75, 3.05) is 6.54 Å². The van der Waals surface area contributed by atoms with Crippen LogP contribution in [0.5, 0.6) is 0 Å². The van der Waals surface area contributed by atoms with Crippen molar-refractivity contribution in [3.8, 4) is 0 Å². The minimum atomic E-state index is -0.320. The highest BCUT2D eigenvalue weighted by Crippen LogP contribution is 2.23. The van der Waals surface area contributed by atoms with Crippen LogP contribution in [0, 0.1) is 5.82 Å². The van der Waals surface area contributed by atoms with E-state index in [1.807, 2.05) is 6.07 Å². The van der Waals surface area contributed by atoms with Crippen molar-refractivity contribution < 1.29 is 4.39 Å². The molecule has 0 fully saturated rings. The molecular formula is C16H20FN3. The van der Waals surface area contributed by atoms with Crippen molar-refractivity contribution in [3.05, 3.63) is 59.4 Å². The largest absolute Gasteiger partial charge is 0.305 e. The second-order valence-corrected chi connectivity index (χ2v) is 4.72. The molecule has 0 aliphatic heterocycles. The molecule has 0 saturated carbocycles. The Morgan fingerprint density at radius 1 is 1.30 bits per heavy atom. The zero-order chi connectivity index (χ0) is 14.4. The lowest BCUT2D eigenvalue weighted by atomic mass is 9.99. The van der Waals surface area contributed by atoms with Gasteiger partial charge < -0.3 is 5.32 Å². The summed E-state index contributed by atoms with van der Waals surface area (Å²) in [4.78, 5) is 8.45. The summed E-state index contributed by atoms with van der Waals surface area (Å²) in [5.41, 5.74) is 2.94. The predicted molar refractivity (Wildman–Crippen MR) is 77.9 cm³/mol. The van der Waals surface area contributed by atoms with Gasteiger partial charge in [0.25, 0.3) is 0 Å². The molecule has 2 aromatic rings. The maximum absolute atomic E-state index is 13.4. The summed E-state index contributed by atoms with van der Waals surface area (Å²) in [6.07, 6.45) is 6.61. The average molecular weight is 273 g/mol. The summed E-state index contributed by atoms with van der Waals surface area (Å²) in [5.74, 6) is -0.320. The van der Waals surface area contributed by atoms with E-state index in [0.29, 0.717) is 0 Å². The van der Waals surface area contributed by atoms with E-state index in [4.69, 9.17) is 0 Å². The third-order valence-electron chi connectivity index (χ3n) is 3.24. The first-order chi connectivity index (χ1) is 9.76. The zero-order valence-electron chi connectivity index (χ0n) is 11.9. The normalized spacial score (nSPS) is 12.3. The summed E-state index contributed by atoms with van der Waals surface area (Å²) in [7, 11) is 0. The Morgan fingerprint density at radius 2 is 2.15 bits per heavy atom.